The van der Waals surface area contributed by atoms with E-state index in [0.717, 1.165) is 6.54 Å². The molecule has 2 fully saturated rings. The van der Waals surface area contributed by atoms with Gasteiger partial charge in [0.2, 0.25) is 0 Å². The van der Waals surface area contributed by atoms with E-state index in [2.05, 4.69) is 54.6 Å². The highest BCUT2D eigenvalue weighted by Crippen LogP contribution is 2.30. The Balaban J connectivity index is 1.59. The summed E-state index contributed by atoms with van der Waals surface area (Å²) < 4.78 is 0. The van der Waals surface area contributed by atoms with Crippen LogP contribution in [0.15, 0.2) is 30.3 Å². The maximum atomic E-state index is 13.3. The van der Waals surface area contributed by atoms with Gasteiger partial charge in [0.05, 0.1) is 14.1 Å². The van der Waals surface area contributed by atoms with Gasteiger partial charge in [-0.2, -0.15) is 0 Å². The summed E-state index contributed by atoms with van der Waals surface area (Å²) in [6.45, 7) is 1.56. The van der Waals surface area contributed by atoms with Crippen molar-refractivity contribution in [2.45, 2.75) is 82.3 Å². The second-order valence-corrected chi connectivity index (χ2v) is 9.15. The van der Waals surface area contributed by atoms with Gasteiger partial charge in [-0.1, -0.05) is 68.9 Å². The smallest absolute Gasteiger partial charge is 0.278 e. The van der Waals surface area contributed by atoms with E-state index in [4.69, 9.17) is 0 Å². The summed E-state index contributed by atoms with van der Waals surface area (Å²) in [5.41, 5.74) is 1.36. The van der Waals surface area contributed by atoms with Gasteiger partial charge in [0.25, 0.3) is 5.91 Å². The molecule has 0 spiro atoms. The van der Waals surface area contributed by atoms with E-state index in [9.17, 15) is 4.79 Å². The molecule has 3 rings (SSSR count). The molecule has 1 atom stereocenters. The SMILES string of the molecule is C[NH+](C)[C@@H](C[NH2+]CC(=O)N(C1CCCCC1)C1CCCCC1)c1ccccc1. The number of carbonyl (C=O) groups excluding carboxylic acids is 1. The Hall–Kier alpha value is -1.39. The molecule has 2 aliphatic rings. The fraction of sp³-hybridized carbons (Fsp3) is 0.708. The highest BCUT2D eigenvalue weighted by molar-refractivity contribution is 5.77. The first-order valence-electron chi connectivity index (χ1n) is 11.6. The molecular weight excluding hydrogens is 346 g/mol. The van der Waals surface area contributed by atoms with Gasteiger partial charge < -0.3 is 15.1 Å². The monoisotopic (exact) mass is 387 g/mol. The van der Waals surface area contributed by atoms with Crippen LogP contribution >= 0.6 is 0 Å². The van der Waals surface area contributed by atoms with Gasteiger partial charge in [0.1, 0.15) is 6.54 Å². The topological polar surface area (TPSA) is 41.4 Å². The van der Waals surface area contributed by atoms with Crippen LogP contribution in [0.2, 0.25) is 0 Å². The van der Waals surface area contributed by atoms with E-state index in [1.54, 1.807) is 0 Å². The number of hydrogen-bond donors (Lipinski definition) is 2. The molecule has 28 heavy (non-hydrogen) atoms. The summed E-state index contributed by atoms with van der Waals surface area (Å²) in [7, 11) is 4.42. The van der Waals surface area contributed by atoms with E-state index in [1.165, 1.54) is 74.7 Å². The van der Waals surface area contributed by atoms with Crippen molar-refractivity contribution in [1.29, 1.82) is 0 Å². The molecule has 4 heteroatoms. The normalized spacial score (nSPS) is 20.2. The van der Waals surface area contributed by atoms with Crippen LogP contribution in [0.1, 0.15) is 75.8 Å². The third-order valence-electron chi connectivity index (χ3n) is 6.84. The Kier molecular flexibility index (Phi) is 8.35. The van der Waals surface area contributed by atoms with Crippen LogP contribution in [-0.2, 0) is 4.79 Å². The lowest BCUT2D eigenvalue weighted by molar-refractivity contribution is -0.908. The van der Waals surface area contributed by atoms with E-state index < -0.39 is 0 Å². The number of hydrogen-bond acceptors (Lipinski definition) is 1. The molecule has 2 aliphatic carbocycles. The van der Waals surface area contributed by atoms with Gasteiger partial charge >= 0.3 is 0 Å². The van der Waals surface area contributed by atoms with Gasteiger partial charge in [-0.25, -0.2) is 0 Å². The molecular formula is C24H41N3O+2. The summed E-state index contributed by atoms with van der Waals surface area (Å²) in [5, 5.41) is 2.26. The van der Waals surface area contributed by atoms with Crippen LogP contribution < -0.4 is 10.2 Å². The quantitative estimate of drug-likeness (QED) is 0.703. The molecule has 1 amide bonds. The summed E-state index contributed by atoms with van der Waals surface area (Å²) in [5.74, 6) is 0.388. The van der Waals surface area contributed by atoms with E-state index in [1.807, 2.05) is 0 Å². The summed E-state index contributed by atoms with van der Waals surface area (Å²) in [4.78, 5) is 17.1. The molecule has 0 aromatic heterocycles. The Morgan fingerprint density at radius 2 is 1.50 bits per heavy atom. The van der Waals surface area contributed by atoms with Crippen LogP contribution in [0.3, 0.4) is 0 Å². The number of benzene rings is 1. The third kappa shape index (κ3) is 5.81. The van der Waals surface area contributed by atoms with Crippen molar-refractivity contribution in [2.24, 2.45) is 0 Å². The predicted molar refractivity (Wildman–Crippen MR) is 114 cm³/mol. The molecule has 1 aromatic carbocycles. The molecule has 3 N–H and O–H groups in total. The number of nitrogens with two attached hydrogens (primary N) is 1. The van der Waals surface area contributed by atoms with Gasteiger partial charge in [-0.3, -0.25) is 4.79 Å². The first-order valence-corrected chi connectivity index (χ1v) is 11.6. The molecule has 0 saturated heterocycles. The standard InChI is InChI=1S/C24H39N3O/c1-26(2)23(20-12-6-3-7-13-20)18-25-19-24(28)27(21-14-8-4-9-15-21)22-16-10-5-11-17-22/h3,6-7,12-13,21-23,25H,4-5,8-11,14-19H2,1-2H3/p+2/t23-/m0/s1. The molecule has 1 aromatic rings. The number of quaternary nitrogens is 2. The average molecular weight is 388 g/mol. The largest absolute Gasteiger partial charge is 0.333 e. The lowest BCUT2D eigenvalue weighted by Crippen LogP contribution is -3.09. The summed E-state index contributed by atoms with van der Waals surface area (Å²) >= 11 is 0. The molecule has 0 bridgehead atoms. The van der Waals surface area contributed by atoms with Crippen molar-refractivity contribution in [3.63, 3.8) is 0 Å². The minimum atomic E-state index is 0.388. The third-order valence-corrected chi connectivity index (χ3v) is 6.84. The zero-order chi connectivity index (χ0) is 19.8. The lowest BCUT2D eigenvalue weighted by Gasteiger charge is -2.41. The van der Waals surface area contributed by atoms with E-state index >= 15 is 0 Å². The number of carbonyl (C=O) groups is 1. The highest BCUT2D eigenvalue weighted by atomic mass is 16.2. The number of likely N-dealkylation sites (N-methyl/N-ethyl adjacent to an activating group) is 1. The minimum absolute atomic E-state index is 0.388. The Morgan fingerprint density at radius 3 is 2.00 bits per heavy atom. The number of rotatable bonds is 8. The van der Waals surface area contributed by atoms with E-state index in [0.29, 0.717) is 30.6 Å². The van der Waals surface area contributed by atoms with Crippen LogP contribution in [0, 0.1) is 0 Å². The first-order chi connectivity index (χ1) is 13.7. The number of nitrogens with one attached hydrogen (secondary N) is 1. The van der Waals surface area contributed by atoms with Crippen LogP contribution in [0.5, 0.6) is 0 Å². The first kappa shape index (κ1) is 21.3. The maximum Gasteiger partial charge on any atom is 0.278 e. The number of amides is 1. The second kappa shape index (κ2) is 11.0. The van der Waals surface area contributed by atoms with Crippen molar-refractivity contribution >= 4 is 5.91 Å². The summed E-state index contributed by atoms with van der Waals surface area (Å²) in [6.07, 6.45) is 12.8. The van der Waals surface area contributed by atoms with Gasteiger partial charge in [0.15, 0.2) is 12.6 Å². The maximum absolute atomic E-state index is 13.3. The zero-order valence-corrected chi connectivity index (χ0v) is 18.0. The van der Waals surface area contributed by atoms with Crippen LogP contribution in [0.25, 0.3) is 0 Å². The Bertz CT molecular complexity index is 559. The van der Waals surface area contributed by atoms with Crippen LogP contribution in [-0.4, -0.2) is 50.1 Å². The van der Waals surface area contributed by atoms with Crippen molar-refractivity contribution in [3.8, 4) is 0 Å². The summed E-state index contributed by atoms with van der Waals surface area (Å²) in [6, 6.07) is 12.2. The van der Waals surface area contributed by atoms with Crippen molar-refractivity contribution in [3.05, 3.63) is 35.9 Å². The van der Waals surface area contributed by atoms with E-state index in [-0.39, 0.29) is 0 Å². The fourth-order valence-electron chi connectivity index (χ4n) is 5.29. The van der Waals surface area contributed by atoms with Crippen molar-refractivity contribution in [2.75, 3.05) is 27.2 Å². The molecule has 156 valence electrons. The molecule has 2 saturated carbocycles. The van der Waals surface area contributed by atoms with Gasteiger partial charge in [-0.05, 0) is 25.7 Å². The average Bonchev–Trinajstić information content (AvgIpc) is 2.73. The lowest BCUT2D eigenvalue weighted by atomic mass is 9.88. The molecule has 0 unspecified atom stereocenters. The Morgan fingerprint density at radius 1 is 0.964 bits per heavy atom. The minimum Gasteiger partial charge on any atom is -0.333 e. The molecule has 0 radical (unpaired) electrons. The highest BCUT2D eigenvalue weighted by Gasteiger charge is 2.33. The zero-order valence-electron chi connectivity index (χ0n) is 18.0. The molecule has 4 nitrogen and oxygen atoms in total. The second-order valence-electron chi connectivity index (χ2n) is 9.15. The fourth-order valence-corrected chi connectivity index (χ4v) is 5.29. The van der Waals surface area contributed by atoms with Crippen molar-refractivity contribution in [1.82, 2.24) is 4.90 Å². The van der Waals surface area contributed by atoms with Crippen molar-refractivity contribution < 1.29 is 15.0 Å². The van der Waals surface area contributed by atoms with Gasteiger partial charge in [-0.15, -0.1) is 0 Å². The molecule has 0 heterocycles. The number of nitrogens with zero attached hydrogens (tertiary/aromatic N) is 1. The van der Waals surface area contributed by atoms with Gasteiger partial charge in [0, 0.05) is 17.6 Å². The Labute approximate surface area is 171 Å². The predicted octanol–water partition coefficient (Wildman–Crippen LogP) is 1.93. The molecule has 0 aliphatic heterocycles. The van der Waals surface area contributed by atoms with Crippen LogP contribution in [0.4, 0.5) is 0 Å².